The lowest BCUT2D eigenvalue weighted by atomic mass is 10.0. The number of carbonyl (C=O) groups is 1. The van der Waals surface area contributed by atoms with Crippen molar-refractivity contribution in [1.82, 2.24) is 4.98 Å². The van der Waals surface area contributed by atoms with Gasteiger partial charge < -0.3 is 4.74 Å². The number of fused-ring (bicyclic) bond motifs is 1. The van der Waals surface area contributed by atoms with Gasteiger partial charge in [0.15, 0.2) is 0 Å². The second-order valence-electron chi connectivity index (χ2n) is 5.23. The van der Waals surface area contributed by atoms with Crippen molar-refractivity contribution in [1.29, 1.82) is 0 Å². The van der Waals surface area contributed by atoms with E-state index in [1.165, 1.54) is 0 Å². The van der Waals surface area contributed by atoms with Crippen molar-refractivity contribution in [3.05, 3.63) is 59.7 Å². The van der Waals surface area contributed by atoms with Gasteiger partial charge in [-0.2, -0.15) is 0 Å². The summed E-state index contributed by atoms with van der Waals surface area (Å²) in [4.78, 5) is 16.6. The first-order valence-electron chi connectivity index (χ1n) is 7.44. The molecule has 0 aliphatic carbocycles. The van der Waals surface area contributed by atoms with E-state index in [9.17, 15) is 4.79 Å². The zero-order chi connectivity index (χ0) is 16.4. The fraction of sp³-hybridized carbons (Fsp3) is 0.158. The van der Waals surface area contributed by atoms with Gasteiger partial charge in [-0.05, 0) is 49.2 Å². The van der Waals surface area contributed by atoms with E-state index in [2.05, 4.69) is 0 Å². The average Bonchev–Trinajstić information content (AvgIpc) is 2.55. The van der Waals surface area contributed by atoms with Gasteiger partial charge in [0, 0.05) is 16.5 Å². The first kappa shape index (κ1) is 15.5. The molecule has 23 heavy (non-hydrogen) atoms. The first-order chi connectivity index (χ1) is 11.1. The number of aryl methyl sites for hydroxylation is 1. The molecule has 1 heterocycles. The second kappa shape index (κ2) is 6.39. The number of nitrogens with zero attached hydrogens (tertiary/aromatic N) is 1. The molecular formula is C19H16ClNO2. The highest BCUT2D eigenvalue weighted by Crippen LogP contribution is 2.32. The highest BCUT2D eigenvalue weighted by Gasteiger charge is 2.15. The van der Waals surface area contributed by atoms with Crippen LogP contribution in [-0.2, 0) is 0 Å². The third kappa shape index (κ3) is 2.92. The highest BCUT2D eigenvalue weighted by molar-refractivity contribution is 6.68. The summed E-state index contributed by atoms with van der Waals surface area (Å²) in [5.41, 5.74) is 3.76. The average molecular weight is 326 g/mol. The summed E-state index contributed by atoms with van der Waals surface area (Å²) in [5, 5.41) is 0.279. The molecule has 3 aromatic rings. The molecule has 0 amide bonds. The van der Waals surface area contributed by atoms with E-state index in [4.69, 9.17) is 21.3 Å². The third-order valence-corrected chi connectivity index (χ3v) is 3.92. The maximum atomic E-state index is 11.9. The molecule has 0 spiro atoms. The molecule has 3 rings (SSSR count). The molecule has 4 heteroatoms. The predicted molar refractivity (Wildman–Crippen MR) is 93.3 cm³/mol. The summed E-state index contributed by atoms with van der Waals surface area (Å²) >= 11 is 5.80. The fourth-order valence-corrected chi connectivity index (χ4v) is 2.81. The number of hydrogen-bond donors (Lipinski definition) is 0. The van der Waals surface area contributed by atoms with Gasteiger partial charge in [-0.1, -0.05) is 30.3 Å². The Labute approximate surface area is 139 Å². The molecule has 2 aromatic carbocycles. The van der Waals surface area contributed by atoms with E-state index in [1.807, 2.05) is 56.3 Å². The van der Waals surface area contributed by atoms with Crippen LogP contribution in [0.3, 0.4) is 0 Å². The van der Waals surface area contributed by atoms with E-state index in [0.29, 0.717) is 17.9 Å². The maximum Gasteiger partial charge on any atom is 0.253 e. The van der Waals surface area contributed by atoms with Crippen LogP contribution in [0.2, 0.25) is 0 Å². The lowest BCUT2D eigenvalue weighted by Gasteiger charge is -2.12. The SMILES string of the molecule is CCOc1ccccc1-c1cc(C(=O)Cl)c2cccc(C)c2n1. The van der Waals surface area contributed by atoms with Crippen molar-refractivity contribution in [3.8, 4) is 17.0 Å². The van der Waals surface area contributed by atoms with Crippen LogP contribution < -0.4 is 4.74 Å². The standard InChI is InChI=1S/C19H16ClNO2/c1-3-23-17-10-5-4-8-14(17)16-11-15(19(20)22)13-9-6-7-12(2)18(13)21-16/h4-11H,3H2,1-2H3. The molecule has 0 aliphatic heterocycles. The van der Waals surface area contributed by atoms with Gasteiger partial charge in [-0.15, -0.1) is 0 Å². The second-order valence-corrected chi connectivity index (χ2v) is 5.57. The Bertz CT molecular complexity index is 890. The largest absolute Gasteiger partial charge is 0.493 e. The van der Waals surface area contributed by atoms with E-state index >= 15 is 0 Å². The van der Waals surface area contributed by atoms with E-state index in [-0.39, 0.29) is 0 Å². The van der Waals surface area contributed by atoms with Crippen molar-refractivity contribution < 1.29 is 9.53 Å². The van der Waals surface area contributed by atoms with Gasteiger partial charge in [0.05, 0.1) is 17.8 Å². The van der Waals surface area contributed by atoms with Crippen molar-refractivity contribution in [2.24, 2.45) is 0 Å². The minimum absolute atomic E-state index is 0.460. The Balaban J connectivity index is 2.31. The molecule has 0 bridgehead atoms. The zero-order valence-corrected chi connectivity index (χ0v) is 13.7. The number of hydrogen-bond acceptors (Lipinski definition) is 3. The van der Waals surface area contributed by atoms with Crippen LogP contribution in [0.25, 0.3) is 22.2 Å². The normalized spacial score (nSPS) is 10.7. The quantitative estimate of drug-likeness (QED) is 0.634. The Morgan fingerprint density at radius 3 is 2.70 bits per heavy atom. The lowest BCUT2D eigenvalue weighted by molar-refractivity contribution is 0.108. The molecule has 0 radical (unpaired) electrons. The molecule has 0 atom stereocenters. The minimum atomic E-state index is -0.488. The topological polar surface area (TPSA) is 39.2 Å². The van der Waals surface area contributed by atoms with E-state index in [1.54, 1.807) is 6.07 Å². The van der Waals surface area contributed by atoms with Gasteiger partial charge in [0.25, 0.3) is 5.24 Å². The number of benzene rings is 2. The summed E-state index contributed by atoms with van der Waals surface area (Å²) in [6, 6.07) is 15.1. The predicted octanol–water partition coefficient (Wildman–Crippen LogP) is 4.99. The van der Waals surface area contributed by atoms with Gasteiger partial charge >= 0.3 is 0 Å². The zero-order valence-electron chi connectivity index (χ0n) is 13.0. The molecule has 0 N–H and O–H groups in total. The van der Waals surface area contributed by atoms with E-state index < -0.39 is 5.24 Å². The Morgan fingerprint density at radius 1 is 1.17 bits per heavy atom. The molecule has 116 valence electrons. The summed E-state index contributed by atoms with van der Waals surface area (Å²) in [7, 11) is 0. The molecular weight excluding hydrogens is 310 g/mol. The number of para-hydroxylation sites is 2. The van der Waals surface area contributed by atoms with Crippen LogP contribution in [0, 0.1) is 6.92 Å². The third-order valence-electron chi connectivity index (χ3n) is 3.72. The molecule has 0 unspecified atom stereocenters. The van der Waals surface area contributed by atoms with Crippen LogP contribution in [0.5, 0.6) is 5.75 Å². The number of ether oxygens (including phenoxy) is 1. The maximum absolute atomic E-state index is 11.9. The molecule has 0 fully saturated rings. The molecule has 0 aliphatic rings. The molecule has 1 aromatic heterocycles. The number of pyridine rings is 1. The van der Waals surface area contributed by atoms with Crippen molar-refractivity contribution in [2.75, 3.05) is 6.61 Å². The smallest absolute Gasteiger partial charge is 0.253 e. The molecule has 3 nitrogen and oxygen atoms in total. The van der Waals surface area contributed by atoms with Crippen LogP contribution in [0.4, 0.5) is 0 Å². The molecule has 0 saturated carbocycles. The number of aromatic nitrogens is 1. The summed E-state index contributed by atoms with van der Waals surface area (Å²) < 4.78 is 5.68. The number of rotatable bonds is 4. The van der Waals surface area contributed by atoms with Gasteiger partial charge in [0.1, 0.15) is 5.75 Å². The van der Waals surface area contributed by atoms with Crippen molar-refractivity contribution in [3.63, 3.8) is 0 Å². The highest BCUT2D eigenvalue weighted by atomic mass is 35.5. The Morgan fingerprint density at radius 2 is 1.96 bits per heavy atom. The monoisotopic (exact) mass is 325 g/mol. The number of halogens is 1. The molecule has 0 saturated heterocycles. The van der Waals surface area contributed by atoms with E-state index in [0.717, 1.165) is 27.8 Å². The van der Waals surface area contributed by atoms with Crippen LogP contribution in [-0.4, -0.2) is 16.8 Å². The van der Waals surface area contributed by atoms with Crippen LogP contribution >= 0.6 is 11.6 Å². The minimum Gasteiger partial charge on any atom is -0.493 e. The van der Waals surface area contributed by atoms with Crippen LogP contribution in [0.15, 0.2) is 48.5 Å². The van der Waals surface area contributed by atoms with Gasteiger partial charge in [0.2, 0.25) is 0 Å². The number of carbonyl (C=O) groups excluding carboxylic acids is 1. The fourth-order valence-electron chi connectivity index (χ4n) is 2.65. The lowest BCUT2D eigenvalue weighted by Crippen LogP contribution is -1.99. The van der Waals surface area contributed by atoms with Gasteiger partial charge in [-0.25, -0.2) is 4.98 Å². The van der Waals surface area contributed by atoms with Crippen molar-refractivity contribution >= 4 is 27.7 Å². The first-order valence-corrected chi connectivity index (χ1v) is 7.82. The summed E-state index contributed by atoms with van der Waals surface area (Å²) in [6.45, 7) is 4.46. The van der Waals surface area contributed by atoms with Crippen molar-refractivity contribution in [2.45, 2.75) is 13.8 Å². The van der Waals surface area contributed by atoms with Crippen LogP contribution in [0.1, 0.15) is 22.8 Å². The van der Waals surface area contributed by atoms with Gasteiger partial charge in [-0.3, -0.25) is 4.79 Å². The Kier molecular flexibility index (Phi) is 4.30. The summed E-state index contributed by atoms with van der Waals surface area (Å²) in [5.74, 6) is 0.739. The Hall–Kier alpha value is -2.39. The summed E-state index contributed by atoms with van der Waals surface area (Å²) in [6.07, 6.45) is 0.